The van der Waals surface area contributed by atoms with Gasteiger partial charge in [0.2, 0.25) is 9.05 Å². The standard InChI is InChI=1S/C6H9ClN2O4S/c1-2-9-5(10)4(8-6(9)11)3-14(7,12)13/h4H,2-3H2,1H3,(H,8,11). The van der Waals surface area contributed by atoms with Crippen molar-refractivity contribution in [3.05, 3.63) is 0 Å². The molecule has 14 heavy (non-hydrogen) atoms. The molecule has 1 aliphatic heterocycles. The van der Waals surface area contributed by atoms with Gasteiger partial charge in [0.25, 0.3) is 5.91 Å². The Labute approximate surface area is 85.6 Å². The van der Waals surface area contributed by atoms with Crippen molar-refractivity contribution >= 4 is 31.7 Å². The van der Waals surface area contributed by atoms with Gasteiger partial charge in [-0.15, -0.1) is 0 Å². The molecule has 0 spiro atoms. The Morgan fingerprint density at radius 3 is 2.43 bits per heavy atom. The first kappa shape index (κ1) is 11.3. The molecule has 1 aliphatic rings. The topological polar surface area (TPSA) is 83.6 Å². The number of carbonyl (C=O) groups excluding carboxylic acids is 2. The predicted molar refractivity (Wildman–Crippen MR) is 49.3 cm³/mol. The molecule has 0 aromatic heterocycles. The first-order chi connectivity index (χ1) is 6.35. The molecule has 1 fully saturated rings. The van der Waals surface area contributed by atoms with Crippen LogP contribution >= 0.6 is 10.7 Å². The summed E-state index contributed by atoms with van der Waals surface area (Å²) in [5, 5.41) is 2.24. The highest BCUT2D eigenvalue weighted by molar-refractivity contribution is 8.13. The van der Waals surface area contributed by atoms with E-state index in [1.165, 1.54) is 0 Å². The van der Waals surface area contributed by atoms with E-state index < -0.39 is 32.8 Å². The van der Waals surface area contributed by atoms with E-state index in [0.717, 1.165) is 4.90 Å². The second-order valence-electron chi connectivity index (χ2n) is 2.79. The van der Waals surface area contributed by atoms with Crippen LogP contribution in [0.1, 0.15) is 6.92 Å². The van der Waals surface area contributed by atoms with Gasteiger partial charge >= 0.3 is 6.03 Å². The molecule has 8 heteroatoms. The highest BCUT2D eigenvalue weighted by atomic mass is 35.7. The fourth-order valence-corrected chi connectivity index (χ4v) is 2.19. The van der Waals surface area contributed by atoms with Gasteiger partial charge in [-0.1, -0.05) is 0 Å². The number of halogens is 1. The summed E-state index contributed by atoms with van der Waals surface area (Å²) in [5.41, 5.74) is 0. The normalized spacial score (nSPS) is 22.7. The number of hydrogen-bond acceptors (Lipinski definition) is 4. The van der Waals surface area contributed by atoms with Gasteiger partial charge in [-0.3, -0.25) is 9.69 Å². The van der Waals surface area contributed by atoms with Crippen molar-refractivity contribution in [3.8, 4) is 0 Å². The van der Waals surface area contributed by atoms with E-state index >= 15 is 0 Å². The molecule has 6 nitrogen and oxygen atoms in total. The summed E-state index contributed by atoms with van der Waals surface area (Å²) in [7, 11) is 1.18. The minimum atomic E-state index is -3.79. The summed E-state index contributed by atoms with van der Waals surface area (Å²) in [5.74, 6) is -1.13. The maximum absolute atomic E-state index is 11.3. The predicted octanol–water partition coefficient (Wildman–Crippen LogP) is -0.505. The number of hydrogen-bond donors (Lipinski definition) is 1. The highest BCUT2D eigenvalue weighted by Gasteiger charge is 2.38. The summed E-state index contributed by atoms with van der Waals surface area (Å²) in [6.45, 7) is 1.83. The van der Waals surface area contributed by atoms with Gasteiger partial charge in [0.15, 0.2) is 0 Å². The molecule has 1 unspecified atom stereocenters. The SMILES string of the molecule is CCN1C(=O)NC(CS(=O)(=O)Cl)C1=O. The first-order valence-electron chi connectivity index (χ1n) is 3.89. The zero-order valence-corrected chi connectivity index (χ0v) is 8.93. The van der Waals surface area contributed by atoms with E-state index in [-0.39, 0.29) is 6.54 Å². The molecule has 1 atom stereocenters. The lowest BCUT2D eigenvalue weighted by Gasteiger charge is -2.08. The zero-order chi connectivity index (χ0) is 10.9. The third kappa shape index (κ3) is 2.36. The van der Waals surface area contributed by atoms with E-state index in [2.05, 4.69) is 5.32 Å². The molecular formula is C6H9ClN2O4S. The van der Waals surface area contributed by atoms with E-state index in [9.17, 15) is 18.0 Å². The zero-order valence-electron chi connectivity index (χ0n) is 7.36. The highest BCUT2D eigenvalue weighted by Crippen LogP contribution is 2.09. The Morgan fingerprint density at radius 1 is 1.50 bits per heavy atom. The van der Waals surface area contributed by atoms with Gasteiger partial charge < -0.3 is 5.32 Å². The number of nitrogens with zero attached hydrogens (tertiary/aromatic N) is 1. The maximum atomic E-state index is 11.3. The number of carbonyl (C=O) groups is 2. The minimum absolute atomic E-state index is 0.212. The Hall–Kier alpha value is -0.820. The smallest absolute Gasteiger partial charge is 0.324 e. The molecular weight excluding hydrogens is 232 g/mol. The molecule has 0 radical (unpaired) electrons. The van der Waals surface area contributed by atoms with Crippen molar-refractivity contribution in [2.45, 2.75) is 13.0 Å². The van der Waals surface area contributed by atoms with Crippen molar-refractivity contribution in [1.29, 1.82) is 0 Å². The molecule has 1 N–H and O–H groups in total. The average molecular weight is 241 g/mol. The van der Waals surface area contributed by atoms with Crippen LogP contribution in [-0.4, -0.2) is 43.6 Å². The number of rotatable bonds is 3. The Kier molecular flexibility index (Phi) is 3.01. The van der Waals surface area contributed by atoms with Gasteiger partial charge in [0, 0.05) is 17.2 Å². The summed E-state index contributed by atoms with van der Waals surface area (Å²) in [6, 6.07) is -1.63. The monoisotopic (exact) mass is 240 g/mol. The molecule has 0 aliphatic carbocycles. The number of imide groups is 1. The van der Waals surface area contributed by atoms with Gasteiger partial charge in [0.05, 0.1) is 5.75 Å². The Balaban J connectivity index is 2.77. The molecule has 0 saturated carbocycles. The van der Waals surface area contributed by atoms with E-state index in [0.29, 0.717) is 0 Å². The molecule has 80 valence electrons. The number of likely N-dealkylation sites (N-methyl/N-ethyl adjacent to an activating group) is 1. The summed E-state index contributed by atoms with van der Waals surface area (Å²) < 4.78 is 21.4. The fourth-order valence-electron chi connectivity index (χ4n) is 1.19. The quantitative estimate of drug-likeness (QED) is 0.532. The lowest BCUT2D eigenvalue weighted by atomic mass is 10.3. The van der Waals surface area contributed by atoms with Crippen LogP contribution in [0, 0.1) is 0 Å². The summed E-state index contributed by atoms with van der Waals surface area (Å²) >= 11 is 0. The Morgan fingerprint density at radius 2 is 2.07 bits per heavy atom. The van der Waals surface area contributed by atoms with Gasteiger partial charge in [-0.25, -0.2) is 13.2 Å². The van der Waals surface area contributed by atoms with Gasteiger partial charge in [-0.05, 0) is 6.92 Å². The molecule has 0 aromatic rings. The van der Waals surface area contributed by atoms with E-state index in [4.69, 9.17) is 10.7 Å². The van der Waals surface area contributed by atoms with Crippen LogP contribution in [0.4, 0.5) is 4.79 Å². The largest absolute Gasteiger partial charge is 0.325 e. The third-order valence-corrected chi connectivity index (χ3v) is 2.90. The molecule has 3 amide bonds. The van der Waals surface area contributed by atoms with Gasteiger partial charge in [0.1, 0.15) is 6.04 Å². The van der Waals surface area contributed by atoms with Crippen LogP contribution < -0.4 is 5.32 Å². The molecule has 0 bridgehead atoms. The van der Waals surface area contributed by atoms with Crippen LogP contribution in [0.25, 0.3) is 0 Å². The molecule has 1 rings (SSSR count). The van der Waals surface area contributed by atoms with Crippen molar-refractivity contribution in [3.63, 3.8) is 0 Å². The first-order valence-corrected chi connectivity index (χ1v) is 6.37. The van der Waals surface area contributed by atoms with Crippen molar-refractivity contribution < 1.29 is 18.0 Å². The number of amides is 3. The summed E-state index contributed by atoms with van der Waals surface area (Å²) in [4.78, 5) is 23.3. The van der Waals surface area contributed by atoms with Crippen LogP contribution in [0.5, 0.6) is 0 Å². The number of urea groups is 1. The second kappa shape index (κ2) is 3.74. The van der Waals surface area contributed by atoms with E-state index in [1.54, 1.807) is 6.92 Å². The van der Waals surface area contributed by atoms with Crippen molar-refractivity contribution in [2.75, 3.05) is 12.3 Å². The number of nitrogens with one attached hydrogen (secondary N) is 1. The second-order valence-corrected chi connectivity index (χ2v) is 5.61. The third-order valence-electron chi connectivity index (χ3n) is 1.79. The van der Waals surface area contributed by atoms with Crippen LogP contribution in [0.15, 0.2) is 0 Å². The van der Waals surface area contributed by atoms with Crippen LogP contribution in [0.2, 0.25) is 0 Å². The molecule has 1 heterocycles. The molecule has 1 saturated heterocycles. The van der Waals surface area contributed by atoms with Crippen LogP contribution in [0.3, 0.4) is 0 Å². The van der Waals surface area contributed by atoms with E-state index in [1.807, 2.05) is 0 Å². The molecule has 0 aromatic carbocycles. The van der Waals surface area contributed by atoms with Crippen molar-refractivity contribution in [1.82, 2.24) is 10.2 Å². The summed E-state index contributed by atoms with van der Waals surface area (Å²) in [6.07, 6.45) is 0. The lowest BCUT2D eigenvalue weighted by molar-refractivity contribution is -0.126. The van der Waals surface area contributed by atoms with Crippen molar-refractivity contribution in [2.24, 2.45) is 0 Å². The van der Waals surface area contributed by atoms with Gasteiger partial charge in [-0.2, -0.15) is 0 Å². The fraction of sp³-hybridized carbons (Fsp3) is 0.667. The lowest BCUT2D eigenvalue weighted by Crippen LogP contribution is -2.35. The minimum Gasteiger partial charge on any atom is -0.325 e. The Bertz CT molecular complexity index is 366. The van der Waals surface area contributed by atoms with Crippen LogP contribution in [-0.2, 0) is 13.8 Å². The average Bonchev–Trinajstić information content (AvgIpc) is 2.24. The maximum Gasteiger partial charge on any atom is 0.324 e.